The van der Waals surface area contributed by atoms with Gasteiger partial charge in [-0.05, 0) is 12.5 Å². The number of ether oxygens (including phenoxy) is 3. The molecule has 4 heteroatoms. The van der Waals surface area contributed by atoms with E-state index in [1.165, 1.54) is 0 Å². The van der Waals surface area contributed by atoms with Crippen LogP contribution in [0.2, 0.25) is 0 Å². The summed E-state index contributed by atoms with van der Waals surface area (Å²) < 4.78 is 16.5. The molecule has 20 heavy (non-hydrogen) atoms. The van der Waals surface area contributed by atoms with Gasteiger partial charge in [-0.1, -0.05) is 12.1 Å². The molecule has 2 aromatic rings. The van der Waals surface area contributed by atoms with E-state index >= 15 is 0 Å². The number of Topliss-reactive ketones (excluding diaryl/α,β-unsaturated/α-hetero) is 1. The Bertz CT molecular complexity index is 703. The molecule has 0 radical (unpaired) electrons. The maximum atomic E-state index is 12.2. The molecule has 0 saturated heterocycles. The predicted molar refractivity (Wildman–Crippen MR) is 76.3 cm³/mol. The minimum absolute atomic E-state index is 0.1000. The van der Waals surface area contributed by atoms with Crippen LogP contribution in [0.5, 0.6) is 17.2 Å². The second kappa shape index (κ2) is 4.71. The van der Waals surface area contributed by atoms with E-state index in [1.807, 2.05) is 18.2 Å². The van der Waals surface area contributed by atoms with Gasteiger partial charge in [-0.15, -0.1) is 0 Å². The molecular formula is C16H16O4. The lowest BCUT2D eigenvalue weighted by Gasteiger charge is -2.17. The summed E-state index contributed by atoms with van der Waals surface area (Å²) in [6, 6.07) is 5.73. The first-order valence-electron chi connectivity index (χ1n) is 6.49. The van der Waals surface area contributed by atoms with Gasteiger partial charge in [0, 0.05) is 17.4 Å². The van der Waals surface area contributed by atoms with Crippen LogP contribution in [0.4, 0.5) is 0 Å². The summed E-state index contributed by atoms with van der Waals surface area (Å²) in [6.45, 7) is 0. The fraction of sp³-hybridized carbons (Fsp3) is 0.312. The standard InChI is InChI=1S/C16H16O4/c1-18-12-6-4-5-9-14(12)16(20-3)13-10(15(9)19-2)7-8-11(13)17/h4-6H,7-8H2,1-3H3. The van der Waals surface area contributed by atoms with Crippen molar-refractivity contribution in [2.75, 3.05) is 21.3 Å². The summed E-state index contributed by atoms with van der Waals surface area (Å²) in [5, 5.41) is 1.71. The number of ketones is 1. The van der Waals surface area contributed by atoms with E-state index in [0.29, 0.717) is 29.9 Å². The molecule has 0 fully saturated rings. The van der Waals surface area contributed by atoms with Crippen LogP contribution in [0.1, 0.15) is 22.3 Å². The lowest BCUT2D eigenvalue weighted by molar-refractivity contribution is 0.0992. The number of carbonyl (C=O) groups is 1. The molecule has 3 rings (SSSR count). The molecule has 0 unspecified atom stereocenters. The van der Waals surface area contributed by atoms with Crippen LogP contribution in [0.3, 0.4) is 0 Å². The monoisotopic (exact) mass is 272 g/mol. The van der Waals surface area contributed by atoms with Crippen molar-refractivity contribution in [3.05, 3.63) is 29.3 Å². The fourth-order valence-electron chi connectivity index (χ4n) is 3.00. The molecule has 104 valence electrons. The number of methoxy groups -OCH3 is 3. The zero-order valence-corrected chi connectivity index (χ0v) is 11.8. The summed E-state index contributed by atoms with van der Waals surface area (Å²) in [5.74, 6) is 2.12. The molecule has 0 saturated carbocycles. The Kier molecular flexibility index (Phi) is 3.01. The van der Waals surface area contributed by atoms with E-state index < -0.39 is 0 Å². The van der Waals surface area contributed by atoms with Crippen LogP contribution in [-0.2, 0) is 6.42 Å². The first-order valence-corrected chi connectivity index (χ1v) is 6.49. The van der Waals surface area contributed by atoms with E-state index in [2.05, 4.69) is 0 Å². The number of hydrogen-bond acceptors (Lipinski definition) is 4. The van der Waals surface area contributed by atoms with Crippen molar-refractivity contribution in [1.82, 2.24) is 0 Å². The first kappa shape index (κ1) is 12.8. The number of fused-ring (bicyclic) bond motifs is 2. The van der Waals surface area contributed by atoms with Gasteiger partial charge in [-0.25, -0.2) is 0 Å². The van der Waals surface area contributed by atoms with Gasteiger partial charge in [0.15, 0.2) is 5.78 Å². The molecule has 4 nitrogen and oxygen atoms in total. The summed E-state index contributed by atoms with van der Waals surface area (Å²) in [6.07, 6.45) is 1.20. The highest BCUT2D eigenvalue weighted by Crippen LogP contribution is 2.47. The molecule has 0 heterocycles. The normalized spacial score (nSPS) is 13.4. The quantitative estimate of drug-likeness (QED) is 0.861. The Morgan fingerprint density at radius 1 is 0.950 bits per heavy atom. The minimum Gasteiger partial charge on any atom is -0.496 e. The molecule has 1 aliphatic rings. The highest BCUT2D eigenvalue weighted by Gasteiger charge is 2.31. The van der Waals surface area contributed by atoms with Gasteiger partial charge < -0.3 is 14.2 Å². The van der Waals surface area contributed by atoms with Crippen LogP contribution in [0.15, 0.2) is 18.2 Å². The Hall–Kier alpha value is -2.23. The third-order valence-corrected chi connectivity index (χ3v) is 3.81. The highest BCUT2D eigenvalue weighted by atomic mass is 16.5. The molecule has 0 aromatic heterocycles. The molecule has 1 aliphatic carbocycles. The Labute approximate surface area is 117 Å². The number of benzene rings is 2. The van der Waals surface area contributed by atoms with Crippen molar-refractivity contribution in [3.63, 3.8) is 0 Å². The molecule has 0 amide bonds. The molecule has 0 atom stereocenters. The zero-order valence-electron chi connectivity index (χ0n) is 11.8. The van der Waals surface area contributed by atoms with Gasteiger partial charge >= 0.3 is 0 Å². The third kappa shape index (κ3) is 1.57. The smallest absolute Gasteiger partial charge is 0.167 e. The van der Waals surface area contributed by atoms with Crippen molar-refractivity contribution >= 4 is 16.6 Å². The largest absolute Gasteiger partial charge is 0.496 e. The van der Waals surface area contributed by atoms with Gasteiger partial charge in [0.2, 0.25) is 0 Å². The second-order valence-corrected chi connectivity index (χ2v) is 4.73. The van der Waals surface area contributed by atoms with Gasteiger partial charge in [0.25, 0.3) is 0 Å². The van der Waals surface area contributed by atoms with E-state index in [-0.39, 0.29) is 5.78 Å². The van der Waals surface area contributed by atoms with E-state index in [1.54, 1.807) is 21.3 Å². The zero-order chi connectivity index (χ0) is 14.3. The van der Waals surface area contributed by atoms with Crippen LogP contribution in [0.25, 0.3) is 10.8 Å². The lowest BCUT2D eigenvalue weighted by Crippen LogP contribution is -2.02. The fourth-order valence-corrected chi connectivity index (χ4v) is 3.00. The summed E-state index contributed by atoms with van der Waals surface area (Å²) >= 11 is 0. The second-order valence-electron chi connectivity index (χ2n) is 4.73. The molecule has 2 aromatic carbocycles. The number of carbonyl (C=O) groups excluding carboxylic acids is 1. The topological polar surface area (TPSA) is 44.8 Å². The highest BCUT2D eigenvalue weighted by molar-refractivity contribution is 6.12. The lowest BCUT2D eigenvalue weighted by atomic mass is 9.98. The molecule has 0 N–H and O–H groups in total. The Balaban J connectivity index is 2.53. The summed E-state index contributed by atoms with van der Waals surface area (Å²) in [7, 11) is 4.82. The maximum absolute atomic E-state index is 12.2. The SMILES string of the molecule is COc1c2c(c(OC)c3c(OC)cccc13)C(=O)CC2. The minimum atomic E-state index is 0.1000. The van der Waals surface area contributed by atoms with Gasteiger partial charge in [-0.2, -0.15) is 0 Å². The molecule has 0 spiro atoms. The predicted octanol–water partition coefficient (Wildman–Crippen LogP) is 2.99. The van der Waals surface area contributed by atoms with E-state index in [4.69, 9.17) is 14.2 Å². The van der Waals surface area contributed by atoms with Crippen molar-refractivity contribution in [2.24, 2.45) is 0 Å². The Morgan fingerprint density at radius 2 is 1.70 bits per heavy atom. The molecule has 0 bridgehead atoms. The summed E-state index contributed by atoms with van der Waals surface area (Å²) in [4.78, 5) is 12.2. The van der Waals surface area contributed by atoms with Gasteiger partial charge in [0.1, 0.15) is 17.2 Å². The van der Waals surface area contributed by atoms with Crippen LogP contribution in [0, 0.1) is 0 Å². The van der Waals surface area contributed by atoms with Crippen LogP contribution in [-0.4, -0.2) is 27.1 Å². The summed E-state index contributed by atoms with van der Waals surface area (Å²) in [5.41, 5.74) is 1.58. The maximum Gasteiger partial charge on any atom is 0.167 e. The van der Waals surface area contributed by atoms with Crippen molar-refractivity contribution in [2.45, 2.75) is 12.8 Å². The molecule has 0 aliphatic heterocycles. The average Bonchev–Trinajstić information content (AvgIpc) is 2.86. The first-order chi connectivity index (χ1) is 9.72. The van der Waals surface area contributed by atoms with Crippen molar-refractivity contribution in [1.29, 1.82) is 0 Å². The van der Waals surface area contributed by atoms with Crippen molar-refractivity contribution in [3.8, 4) is 17.2 Å². The van der Waals surface area contributed by atoms with E-state index in [9.17, 15) is 4.79 Å². The number of rotatable bonds is 3. The Morgan fingerprint density at radius 3 is 2.35 bits per heavy atom. The number of hydrogen-bond donors (Lipinski definition) is 0. The van der Waals surface area contributed by atoms with E-state index in [0.717, 1.165) is 22.1 Å². The van der Waals surface area contributed by atoms with Gasteiger partial charge in [0.05, 0.1) is 32.3 Å². The van der Waals surface area contributed by atoms with Gasteiger partial charge in [-0.3, -0.25) is 4.79 Å². The third-order valence-electron chi connectivity index (χ3n) is 3.81. The van der Waals surface area contributed by atoms with Crippen molar-refractivity contribution < 1.29 is 19.0 Å². The van der Waals surface area contributed by atoms with Crippen LogP contribution < -0.4 is 14.2 Å². The van der Waals surface area contributed by atoms with Crippen LogP contribution >= 0.6 is 0 Å². The average molecular weight is 272 g/mol. The molecular weight excluding hydrogens is 256 g/mol.